The molecule has 12 aromatic carbocycles. The van der Waals surface area contributed by atoms with Crippen LogP contribution in [0.25, 0.3) is 0 Å². The molecule has 0 aliphatic heterocycles. The van der Waals surface area contributed by atoms with Gasteiger partial charge in [-0.15, -0.1) is 0 Å². The van der Waals surface area contributed by atoms with Gasteiger partial charge in [0.2, 0.25) is 0 Å². The third-order valence-corrected chi connectivity index (χ3v) is 24.8. The number of carboxylic acid groups (broad SMARTS) is 2. The lowest BCUT2D eigenvalue weighted by atomic mass is 9.32. The van der Waals surface area contributed by atoms with Crippen molar-refractivity contribution in [2.75, 3.05) is 0 Å². The van der Waals surface area contributed by atoms with Crippen LogP contribution >= 0.6 is 0 Å². The summed E-state index contributed by atoms with van der Waals surface area (Å²) in [6, 6.07) is 90.1. The average Bonchev–Trinajstić information content (AvgIpc) is 0.638. The van der Waals surface area contributed by atoms with Crippen LogP contribution < -0.4 is 0 Å². The van der Waals surface area contributed by atoms with E-state index >= 15 is 9.59 Å². The smallest absolute Gasteiger partial charge is 0.319 e. The fourth-order valence-electron chi connectivity index (χ4n) is 17.6. The van der Waals surface area contributed by atoms with Gasteiger partial charge in [0, 0.05) is 32.5 Å². The van der Waals surface area contributed by atoms with Crippen LogP contribution in [-0.2, 0) is 63.7 Å². The Morgan fingerprint density at radius 3 is 0.565 bits per heavy atom. The minimum atomic E-state index is -2.73. The van der Waals surface area contributed by atoms with Gasteiger partial charge in [-0.2, -0.15) is 0 Å². The average molecular weight is 1430 g/mol. The van der Waals surface area contributed by atoms with Gasteiger partial charge in [-0.05, 0) is 173 Å². The van der Waals surface area contributed by atoms with E-state index in [9.17, 15) is 40.9 Å². The second kappa shape index (κ2) is 27.2. The van der Waals surface area contributed by atoms with Crippen LogP contribution in [0.15, 0.2) is 303 Å². The zero-order chi connectivity index (χ0) is 77.4. The molecule has 1 aliphatic rings. The number of carboxylic acids is 2. The predicted octanol–water partition coefficient (Wildman–Crippen LogP) is 20.8. The van der Waals surface area contributed by atoms with E-state index in [2.05, 4.69) is 132 Å². The molecule has 0 aromatic heterocycles. The van der Waals surface area contributed by atoms with Crippen molar-refractivity contribution in [2.45, 2.75) is 137 Å². The fourth-order valence-corrected chi connectivity index (χ4v) is 17.6. The van der Waals surface area contributed by atoms with E-state index in [4.69, 9.17) is 0 Å². The highest BCUT2D eigenvalue weighted by Crippen LogP contribution is 2.71. The number of aliphatic carboxylic acids is 2. The lowest BCUT2D eigenvalue weighted by molar-refractivity contribution is -0.162. The first-order valence-corrected chi connectivity index (χ1v) is 36.7. The van der Waals surface area contributed by atoms with Crippen molar-refractivity contribution < 1.29 is 50.4 Å². The van der Waals surface area contributed by atoms with Crippen molar-refractivity contribution in [1.82, 2.24) is 0 Å². The highest BCUT2D eigenvalue weighted by atomic mass is 16.4. The molecular weight excluding hydrogens is 1340 g/mol. The van der Waals surface area contributed by atoms with Crippen molar-refractivity contribution in [3.05, 3.63) is 403 Å². The highest BCUT2D eigenvalue weighted by Gasteiger charge is 2.80. The molecule has 0 heterocycles. The molecule has 10 nitrogen and oxygen atoms in total. The van der Waals surface area contributed by atoms with Crippen LogP contribution in [-0.4, -0.2) is 52.8 Å². The summed E-state index contributed by atoms with van der Waals surface area (Å²) < 4.78 is 0. The molecule has 0 bridgehead atoms. The van der Waals surface area contributed by atoms with E-state index in [-0.39, 0.29) is 45.6 Å². The maximum absolute atomic E-state index is 17.6. The normalized spacial score (nSPS) is 16.7. The topological polar surface area (TPSA) is 196 Å². The maximum Gasteiger partial charge on any atom is 0.319 e. The monoisotopic (exact) mass is 1430 g/mol. The van der Waals surface area contributed by atoms with Gasteiger partial charge < -0.3 is 40.9 Å². The number of phenols is 6. The molecule has 13 rings (SSSR count). The Labute approximate surface area is 634 Å². The van der Waals surface area contributed by atoms with E-state index in [0.717, 1.165) is 66.8 Å². The number of hydrogen-bond acceptors (Lipinski definition) is 8. The molecule has 0 saturated carbocycles. The quantitative estimate of drug-likeness (QED) is 0.0340. The summed E-state index contributed by atoms with van der Waals surface area (Å²) in [6.07, 6.45) is 3.66. The summed E-state index contributed by atoms with van der Waals surface area (Å²) in [5.41, 5.74) is -0.598. The van der Waals surface area contributed by atoms with E-state index in [1.807, 2.05) is 164 Å². The second-order valence-electron chi connectivity index (χ2n) is 32.6. The van der Waals surface area contributed by atoms with Gasteiger partial charge in [0.05, 0.1) is 10.8 Å². The summed E-state index contributed by atoms with van der Waals surface area (Å²) >= 11 is 0. The predicted molar refractivity (Wildman–Crippen MR) is 429 cm³/mol. The molecule has 10 heteroatoms. The van der Waals surface area contributed by atoms with Gasteiger partial charge in [0.25, 0.3) is 0 Å². The number of aromatic hydroxyl groups is 6. The molecular formula is C98H94O10. The van der Waals surface area contributed by atoms with Gasteiger partial charge >= 0.3 is 11.9 Å². The maximum atomic E-state index is 17.6. The van der Waals surface area contributed by atoms with Crippen molar-refractivity contribution in [3.8, 4) is 34.5 Å². The molecule has 0 spiro atoms. The lowest BCUT2D eigenvalue weighted by Gasteiger charge is -2.66. The minimum Gasteiger partial charge on any atom is -0.508 e. The van der Waals surface area contributed by atoms with Crippen LogP contribution in [0.2, 0.25) is 0 Å². The summed E-state index contributed by atoms with van der Waals surface area (Å²) in [7, 11) is 0. The van der Waals surface area contributed by atoms with Crippen LogP contribution in [0.1, 0.15) is 183 Å². The molecule has 0 amide bonds. The molecule has 1 aliphatic carbocycles. The first-order valence-electron chi connectivity index (χ1n) is 36.7. The van der Waals surface area contributed by atoms with Gasteiger partial charge in [-0.25, -0.2) is 0 Å². The van der Waals surface area contributed by atoms with Gasteiger partial charge in [-0.1, -0.05) is 314 Å². The SMILES string of the molecule is CC(C)(c1ccc(O)cc1)c1ccc(C2(C(=O)O)C=CC(c3ccc(C(C)(C)c4ccc(O)cc4)cc3)(c3ccc(C(C)(C)c4ccc(O)cc4)cc3)C(c3ccc(C(C)(C)c4ccc(O)cc4)cc3)(c3ccc(C(C)(C)c4ccc(O)cc4)cc3)C2(C(=O)O)c2ccc(C(C)(C)c3ccc(O)cc3)cc2)cc1. The third-order valence-electron chi connectivity index (χ3n) is 24.8. The molecule has 546 valence electrons. The largest absolute Gasteiger partial charge is 0.508 e. The van der Waals surface area contributed by atoms with Gasteiger partial charge in [-0.3, -0.25) is 9.59 Å². The Bertz CT molecular complexity index is 5080. The first-order chi connectivity index (χ1) is 51.1. The number of phenolic OH excluding ortho intramolecular Hbond substituents is 6. The molecule has 12 aromatic rings. The molecule has 8 N–H and O–H groups in total. The van der Waals surface area contributed by atoms with Crippen LogP contribution in [0, 0.1) is 0 Å². The number of rotatable bonds is 20. The van der Waals surface area contributed by atoms with Crippen molar-refractivity contribution >= 4 is 11.9 Å². The van der Waals surface area contributed by atoms with Gasteiger partial charge in [0.15, 0.2) is 0 Å². The molecule has 0 saturated heterocycles. The zero-order valence-corrected chi connectivity index (χ0v) is 63.3. The van der Waals surface area contributed by atoms with E-state index in [0.29, 0.717) is 22.3 Å². The van der Waals surface area contributed by atoms with E-state index < -0.39 is 66.1 Å². The Morgan fingerprint density at radius 2 is 0.380 bits per heavy atom. The summed E-state index contributed by atoms with van der Waals surface area (Å²) in [5.74, 6) is -2.21. The summed E-state index contributed by atoms with van der Waals surface area (Å²) in [5, 5.41) is 91.5. The number of hydrogen-bond donors (Lipinski definition) is 8. The van der Waals surface area contributed by atoms with Gasteiger partial charge in [0.1, 0.15) is 45.3 Å². The van der Waals surface area contributed by atoms with Crippen molar-refractivity contribution in [3.63, 3.8) is 0 Å². The summed E-state index contributed by atoms with van der Waals surface area (Å²) in [6.45, 7) is 25.1. The zero-order valence-electron chi connectivity index (χ0n) is 63.3. The highest BCUT2D eigenvalue weighted by molar-refractivity contribution is 6.02. The Morgan fingerprint density at radius 1 is 0.213 bits per heavy atom. The number of allylic oxidation sites excluding steroid dienone is 1. The third kappa shape index (κ3) is 11.9. The van der Waals surface area contributed by atoms with Crippen molar-refractivity contribution in [1.29, 1.82) is 0 Å². The minimum absolute atomic E-state index is 0.0979. The van der Waals surface area contributed by atoms with Crippen LogP contribution in [0.4, 0.5) is 0 Å². The molecule has 0 radical (unpaired) electrons. The van der Waals surface area contributed by atoms with Crippen LogP contribution in [0.3, 0.4) is 0 Å². The summed E-state index contributed by atoms with van der Waals surface area (Å²) in [4.78, 5) is 34.4. The Balaban J connectivity index is 1.25. The van der Waals surface area contributed by atoms with E-state index in [1.54, 1.807) is 91.0 Å². The molecule has 108 heavy (non-hydrogen) atoms. The molecule has 0 fully saturated rings. The van der Waals surface area contributed by atoms with Crippen molar-refractivity contribution in [2.24, 2.45) is 0 Å². The molecule has 2 atom stereocenters. The lowest BCUT2D eigenvalue weighted by Crippen LogP contribution is -2.76. The first kappa shape index (κ1) is 74.4. The second-order valence-corrected chi connectivity index (χ2v) is 32.6. The fraction of sp³-hybridized carbons (Fsp3) is 0.224. The van der Waals surface area contributed by atoms with Crippen LogP contribution in [0.5, 0.6) is 34.5 Å². The molecule has 2 unspecified atom stereocenters. The number of benzene rings is 12. The number of carbonyl (C=O) groups is 2. The Kier molecular flexibility index (Phi) is 18.7. The van der Waals surface area contributed by atoms with E-state index in [1.165, 1.54) is 0 Å². The standard InChI is InChI=1S/C98H94O10/c1-89(2,69-37-49-81(99)50-38-69)63-13-25-75(26-14-63)95(76-27-15-64(16-28-76)90(3,4)70-39-51-82(100)52-40-70)61-62-96(87(105)106,77-29-17-65(18-30-77)91(5,6)71-41-53-83(101)54-42-71)98(88(107)108,80-35-23-68(24-36-80)94(11,12)74-47-59-86(104)60-48-74)97(95,78-31-19-66(20-32-78)92(7,8)72-43-55-84(102)56-44-72)79-33-21-67(22-34-79)93(9,10)73-45-57-85(103)58-46-73/h13-62,99-104H,1-12H3,(H,105,106)(H,107,108). The Hall–Kier alpha value is -11.9.